The van der Waals surface area contributed by atoms with Gasteiger partial charge in [0.15, 0.2) is 0 Å². The first-order valence-electron chi connectivity index (χ1n) is 8.19. The standard InChI is InChI=1S/C18H22N2O4/c1-11-7-8-15(24-11)18(2,23)10-19-16(21)13-9-12-5-3-4-6-14(12)20-17(13)22/h7-9,23H,3-6,10H2,1-2H3,(H,19,21)(H,20,22). The summed E-state index contributed by atoms with van der Waals surface area (Å²) < 4.78 is 5.42. The minimum Gasteiger partial charge on any atom is -0.463 e. The maximum absolute atomic E-state index is 12.4. The number of H-pyrrole nitrogens is 1. The second-order valence-corrected chi connectivity index (χ2v) is 6.59. The fourth-order valence-corrected chi connectivity index (χ4v) is 3.00. The Kier molecular flexibility index (Phi) is 4.32. The van der Waals surface area contributed by atoms with Gasteiger partial charge >= 0.3 is 0 Å². The average molecular weight is 330 g/mol. The Labute approximate surface area is 139 Å². The summed E-state index contributed by atoms with van der Waals surface area (Å²) in [7, 11) is 0. The van der Waals surface area contributed by atoms with Crippen molar-refractivity contribution in [3.8, 4) is 0 Å². The highest BCUT2D eigenvalue weighted by Crippen LogP contribution is 2.22. The molecule has 2 aromatic heterocycles. The van der Waals surface area contributed by atoms with Crippen LogP contribution < -0.4 is 10.9 Å². The summed E-state index contributed by atoms with van der Waals surface area (Å²) in [6.45, 7) is 3.29. The Morgan fingerprint density at radius 1 is 1.38 bits per heavy atom. The quantitative estimate of drug-likeness (QED) is 0.796. The minimum atomic E-state index is -1.34. The van der Waals surface area contributed by atoms with Crippen molar-refractivity contribution in [2.75, 3.05) is 6.54 Å². The van der Waals surface area contributed by atoms with Crippen LogP contribution in [0.15, 0.2) is 27.4 Å². The number of fused-ring (bicyclic) bond motifs is 1. The van der Waals surface area contributed by atoms with Crippen LogP contribution in [0.25, 0.3) is 0 Å². The zero-order valence-corrected chi connectivity index (χ0v) is 13.9. The zero-order valence-electron chi connectivity index (χ0n) is 13.9. The highest BCUT2D eigenvalue weighted by Gasteiger charge is 2.28. The lowest BCUT2D eigenvalue weighted by molar-refractivity contribution is 0.0323. The van der Waals surface area contributed by atoms with E-state index in [0.717, 1.165) is 36.9 Å². The van der Waals surface area contributed by atoms with Gasteiger partial charge in [-0.15, -0.1) is 0 Å². The second kappa shape index (κ2) is 6.28. The van der Waals surface area contributed by atoms with Gasteiger partial charge in [-0.3, -0.25) is 9.59 Å². The molecule has 0 saturated carbocycles. The van der Waals surface area contributed by atoms with E-state index in [1.165, 1.54) is 0 Å². The van der Waals surface area contributed by atoms with Gasteiger partial charge in [-0.1, -0.05) is 0 Å². The fraction of sp³-hybridized carbons (Fsp3) is 0.444. The van der Waals surface area contributed by atoms with E-state index in [-0.39, 0.29) is 17.7 Å². The zero-order chi connectivity index (χ0) is 17.3. The molecule has 0 aromatic carbocycles. The Bertz CT molecular complexity index is 817. The fourth-order valence-electron chi connectivity index (χ4n) is 3.00. The number of hydrogen-bond acceptors (Lipinski definition) is 4. The average Bonchev–Trinajstić information content (AvgIpc) is 2.99. The number of nitrogens with one attached hydrogen (secondary N) is 2. The molecule has 2 aromatic rings. The summed E-state index contributed by atoms with van der Waals surface area (Å²) in [6, 6.07) is 5.10. The van der Waals surface area contributed by atoms with Crippen LogP contribution in [-0.4, -0.2) is 22.5 Å². The summed E-state index contributed by atoms with van der Waals surface area (Å²) in [5.41, 5.74) is 0.314. The van der Waals surface area contributed by atoms with Crippen LogP contribution in [0.4, 0.5) is 0 Å². The smallest absolute Gasteiger partial charge is 0.261 e. The number of hydrogen-bond donors (Lipinski definition) is 3. The van der Waals surface area contributed by atoms with Gasteiger partial charge in [0.05, 0.1) is 6.54 Å². The van der Waals surface area contributed by atoms with Crippen molar-refractivity contribution >= 4 is 5.91 Å². The molecule has 0 aliphatic heterocycles. The van der Waals surface area contributed by atoms with E-state index in [9.17, 15) is 14.7 Å². The summed E-state index contributed by atoms with van der Waals surface area (Å²) >= 11 is 0. The van der Waals surface area contributed by atoms with Gasteiger partial charge in [0.25, 0.3) is 11.5 Å². The molecule has 0 saturated heterocycles. The number of amides is 1. The molecule has 24 heavy (non-hydrogen) atoms. The molecule has 0 bridgehead atoms. The number of aromatic amines is 1. The van der Waals surface area contributed by atoms with Crippen LogP contribution in [0.1, 0.15) is 52.9 Å². The van der Waals surface area contributed by atoms with Gasteiger partial charge in [-0.25, -0.2) is 0 Å². The molecule has 128 valence electrons. The van der Waals surface area contributed by atoms with Gasteiger partial charge in [-0.2, -0.15) is 0 Å². The van der Waals surface area contributed by atoms with Gasteiger partial charge in [0.2, 0.25) is 0 Å². The van der Waals surface area contributed by atoms with E-state index in [1.807, 2.05) is 0 Å². The van der Waals surface area contributed by atoms with Crippen LogP contribution in [0, 0.1) is 6.92 Å². The lowest BCUT2D eigenvalue weighted by atomic mass is 9.95. The number of aryl methyl sites for hydroxylation is 3. The molecule has 1 aliphatic rings. The molecule has 0 spiro atoms. The molecular formula is C18H22N2O4. The minimum absolute atomic E-state index is 0.0463. The predicted octanol–water partition coefficient (Wildman–Crippen LogP) is 1.79. The molecule has 3 N–H and O–H groups in total. The molecule has 6 heteroatoms. The summed E-state index contributed by atoms with van der Waals surface area (Å²) in [6.07, 6.45) is 3.83. The number of furan rings is 1. The molecule has 3 rings (SSSR count). The topological polar surface area (TPSA) is 95.3 Å². The lowest BCUT2D eigenvalue weighted by Crippen LogP contribution is -2.40. The monoisotopic (exact) mass is 330 g/mol. The molecule has 0 radical (unpaired) electrons. The normalized spacial score (nSPS) is 16.3. The van der Waals surface area contributed by atoms with E-state index in [2.05, 4.69) is 10.3 Å². The summed E-state index contributed by atoms with van der Waals surface area (Å²) in [5.74, 6) is 0.565. The largest absolute Gasteiger partial charge is 0.463 e. The summed E-state index contributed by atoms with van der Waals surface area (Å²) in [5, 5.41) is 13.1. The van der Waals surface area contributed by atoms with E-state index in [4.69, 9.17) is 4.42 Å². The Morgan fingerprint density at radius 2 is 2.12 bits per heavy atom. The molecule has 1 atom stereocenters. The predicted molar refractivity (Wildman–Crippen MR) is 89.1 cm³/mol. The number of carbonyl (C=O) groups excluding carboxylic acids is 1. The van der Waals surface area contributed by atoms with Crippen molar-refractivity contribution in [2.24, 2.45) is 0 Å². The van der Waals surface area contributed by atoms with Gasteiger partial charge < -0.3 is 19.8 Å². The van der Waals surface area contributed by atoms with Crippen LogP contribution in [-0.2, 0) is 18.4 Å². The van der Waals surface area contributed by atoms with E-state index in [1.54, 1.807) is 32.0 Å². The van der Waals surface area contributed by atoms with Gasteiger partial charge in [-0.05, 0) is 63.3 Å². The third kappa shape index (κ3) is 3.28. The lowest BCUT2D eigenvalue weighted by Gasteiger charge is -2.21. The second-order valence-electron chi connectivity index (χ2n) is 6.59. The highest BCUT2D eigenvalue weighted by molar-refractivity contribution is 5.94. The molecule has 2 heterocycles. The van der Waals surface area contributed by atoms with Crippen molar-refractivity contribution in [3.63, 3.8) is 0 Å². The molecule has 1 aliphatic carbocycles. The molecule has 6 nitrogen and oxygen atoms in total. The molecule has 0 fully saturated rings. The number of aromatic nitrogens is 1. The van der Waals surface area contributed by atoms with Crippen LogP contribution in [0.5, 0.6) is 0 Å². The van der Waals surface area contributed by atoms with Gasteiger partial charge in [0.1, 0.15) is 22.7 Å². The number of pyridine rings is 1. The Morgan fingerprint density at radius 3 is 2.83 bits per heavy atom. The van der Waals surface area contributed by atoms with Crippen molar-refractivity contribution in [2.45, 2.75) is 45.1 Å². The maximum Gasteiger partial charge on any atom is 0.261 e. The number of carbonyl (C=O) groups is 1. The first-order chi connectivity index (χ1) is 11.4. The number of rotatable bonds is 4. The van der Waals surface area contributed by atoms with Crippen LogP contribution in [0.3, 0.4) is 0 Å². The summed E-state index contributed by atoms with van der Waals surface area (Å²) in [4.78, 5) is 27.3. The Balaban J connectivity index is 1.74. The van der Waals surface area contributed by atoms with Crippen molar-refractivity contribution in [1.29, 1.82) is 0 Å². The van der Waals surface area contributed by atoms with Gasteiger partial charge in [0, 0.05) is 5.69 Å². The SMILES string of the molecule is Cc1ccc(C(C)(O)CNC(=O)c2cc3c([nH]c2=O)CCCC3)o1. The van der Waals surface area contributed by atoms with E-state index >= 15 is 0 Å². The van der Waals surface area contributed by atoms with Crippen molar-refractivity contribution in [1.82, 2.24) is 10.3 Å². The van der Waals surface area contributed by atoms with Crippen LogP contribution in [0.2, 0.25) is 0 Å². The molecule has 1 amide bonds. The van der Waals surface area contributed by atoms with E-state index < -0.39 is 11.5 Å². The van der Waals surface area contributed by atoms with Crippen molar-refractivity contribution < 1.29 is 14.3 Å². The Hall–Kier alpha value is -2.34. The first kappa shape index (κ1) is 16.5. The molecule has 1 unspecified atom stereocenters. The third-order valence-corrected chi connectivity index (χ3v) is 4.45. The third-order valence-electron chi connectivity index (χ3n) is 4.45. The molecular weight excluding hydrogens is 308 g/mol. The maximum atomic E-state index is 12.4. The highest BCUT2D eigenvalue weighted by atomic mass is 16.4. The first-order valence-corrected chi connectivity index (χ1v) is 8.19. The number of aliphatic hydroxyl groups is 1. The van der Waals surface area contributed by atoms with Crippen molar-refractivity contribution in [3.05, 3.63) is 56.9 Å². The van der Waals surface area contributed by atoms with E-state index in [0.29, 0.717) is 11.5 Å². The van der Waals surface area contributed by atoms with Crippen LogP contribution >= 0.6 is 0 Å².